The van der Waals surface area contributed by atoms with Crippen LogP contribution >= 0.6 is 11.8 Å². The van der Waals surface area contributed by atoms with Crippen LogP contribution in [0.2, 0.25) is 0 Å². The zero-order valence-electron chi connectivity index (χ0n) is 15.3. The Balaban J connectivity index is 1.67. The molecule has 2 heterocycles. The lowest BCUT2D eigenvalue weighted by molar-refractivity contribution is 0.559. The number of hydrogen-bond acceptors (Lipinski definition) is 6. The second-order valence-corrected chi connectivity index (χ2v) is 7.41. The van der Waals surface area contributed by atoms with Crippen LogP contribution in [0.4, 0.5) is 4.39 Å². The predicted octanol–water partition coefficient (Wildman–Crippen LogP) is 3.81. The topological polar surface area (TPSA) is 86.9 Å². The van der Waals surface area contributed by atoms with Crippen LogP contribution in [0.5, 0.6) is 0 Å². The monoisotopic (exact) mass is 396 g/mol. The highest BCUT2D eigenvalue weighted by atomic mass is 32.2. The third kappa shape index (κ3) is 3.27. The summed E-state index contributed by atoms with van der Waals surface area (Å²) in [5.74, 6) is 6.34. The molecule has 6 nitrogen and oxygen atoms in total. The van der Waals surface area contributed by atoms with E-state index in [4.69, 9.17) is 10.3 Å². The van der Waals surface area contributed by atoms with Gasteiger partial charge in [-0.25, -0.2) is 13.9 Å². The molecule has 0 saturated carbocycles. The lowest BCUT2D eigenvalue weighted by Crippen LogP contribution is -2.12. The standard InChI is InChI=1S/C20H17FN4O2S/c1-11-7-15-13(9-18(26)27-17(15)8-12(11)2)10-28-20-24-23-19(25(20)22)14-5-3-4-6-16(14)21/h3-9H,10,22H2,1-2H3. The van der Waals surface area contributed by atoms with Gasteiger partial charge in [-0.1, -0.05) is 23.9 Å². The quantitative estimate of drug-likeness (QED) is 0.321. The van der Waals surface area contributed by atoms with E-state index in [1.54, 1.807) is 18.2 Å². The first kappa shape index (κ1) is 18.2. The zero-order chi connectivity index (χ0) is 19.8. The zero-order valence-corrected chi connectivity index (χ0v) is 16.1. The van der Waals surface area contributed by atoms with Crippen LogP contribution in [0.25, 0.3) is 22.4 Å². The average molecular weight is 396 g/mol. The van der Waals surface area contributed by atoms with Gasteiger partial charge in [-0.15, -0.1) is 10.2 Å². The van der Waals surface area contributed by atoms with Crippen molar-refractivity contribution in [3.63, 3.8) is 0 Å². The van der Waals surface area contributed by atoms with Gasteiger partial charge >= 0.3 is 5.63 Å². The van der Waals surface area contributed by atoms with E-state index in [-0.39, 0.29) is 11.4 Å². The molecule has 0 aliphatic heterocycles. The molecule has 2 N–H and O–H groups in total. The minimum absolute atomic E-state index is 0.240. The van der Waals surface area contributed by atoms with E-state index < -0.39 is 11.4 Å². The molecule has 142 valence electrons. The van der Waals surface area contributed by atoms with Crippen LogP contribution < -0.4 is 11.5 Å². The van der Waals surface area contributed by atoms with Crippen LogP contribution in [0.3, 0.4) is 0 Å². The molecule has 0 saturated heterocycles. The Morgan fingerprint density at radius 1 is 1.14 bits per heavy atom. The van der Waals surface area contributed by atoms with Crippen LogP contribution in [0, 0.1) is 19.7 Å². The lowest BCUT2D eigenvalue weighted by atomic mass is 10.0. The van der Waals surface area contributed by atoms with E-state index in [0.717, 1.165) is 22.1 Å². The second kappa shape index (κ2) is 7.12. The Morgan fingerprint density at radius 2 is 1.89 bits per heavy atom. The molecule has 2 aromatic heterocycles. The van der Waals surface area contributed by atoms with Crippen molar-refractivity contribution in [2.45, 2.75) is 24.8 Å². The minimum atomic E-state index is -0.421. The first-order valence-electron chi connectivity index (χ1n) is 8.56. The third-order valence-electron chi connectivity index (χ3n) is 4.58. The normalized spacial score (nSPS) is 11.2. The summed E-state index contributed by atoms with van der Waals surface area (Å²) in [5, 5.41) is 9.36. The molecule has 0 radical (unpaired) electrons. The number of hydrogen-bond donors (Lipinski definition) is 1. The van der Waals surface area contributed by atoms with E-state index in [1.165, 1.54) is 28.6 Å². The van der Waals surface area contributed by atoms with Crippen molar-refractivity contribution in [2.75, 3.05) is 5.84 Å². The Labute approximate surface area is 164 Å². The number of nitrogens with zero attached hydrogens (tertiary/aromatic N) is 3. The SMILES string of the molecule is Cc1cc2oc(=O)cc(CSc3nnc(-c4ccccc4F)n3N)c2cc1C. The van der Waals surface area contributed by atoms with Gasteiger partial charge in [-0.2, -0.15) is 0 Å². The number of nitrogen functional groups attached to an aromatic ring is 1. The van der Waals surface area contributed by atoms with Crippen LogP contribution in [0.15, 0.2) is 56.8 Å². The Hall–Kier alpha value is -3.13. The molecule has 0 spiro atoms. The van der Waals surface area contributed by atoms with Crippen LogP contribution in [-0.2, 0) is 5.75 Å². The van der Waals surface area contributed by atoms with Gasteiger partial charge in [0.1, 0.15) is 11.4 Å². The number of rotatable bonds is 4. The summed E-state index contributed by atoms with van der Waals surface area (Å²) in [5.41, 5.74) is 3.39. The molecular weight excluding hydrogens is 379 g/mol. The molecule has 4 rings (SSSR count). The molecule has 0 bridgehead atoms. The molecule has 0 fully saturated rings. The number of thioether (sulfide) groups is 1. The maximum absolute atomic E-state index is 14.0. The highest BCUT2D eigenvalue weighted by Gasteiger charge is 2.16. The lowest BCUT2D eigenvalue weighted by Gasteiger charge is -2.08. The number of benzene rings is 2. The highest BCUT2D eigenvalue weighted by molar-refractivity contribution is 7.98. The molecule has 4 aromatic rings. The molecule has 0 unspecified atom stereocenters. The van der Waals surface area contributed by atoms with Crippen molar-refractivity contribution >= 4 is 22.7 Å². The van der Waals surface area contributed by atoms with Gasteiger partial charge in [0.15, 0.2) is 5.82 Å². The average Bonchev–Trinajstić information content (AvgIpc) is 3.02. The van der Waals surface area contributed by atoms with Crippen LogP contribution in [-0.4, -0.2) is 14.9 Å². The maximum atomic E-state index is 14.0. The fourth-order valence-corrected chi connectivity index (χ4v) is 3.79. The second-order valence-electron chi connectivity index (χ2n) is 6.47. The fourth-order valence-electron chi connectivity index (χ4n) is 2.95. The summed E-state index contributed by atoms with van der Waals surface area (Å²) >= 11 is 1.32. The number of nitrogens with two attached hydrogens (primary N) is 1. The molecule has 28 heavy (non-hydrogen) atoms. The van der Waals surface area contributed by atoms with E-state index in [0.29, 0.717) is 16.5 Å². The van der Waals surface area contributed by atoms with Gasteiger partial charge in [-0.3, -0.25) is 0 Å². The smallest absolute Gasteiger partial charge is 0.336 e. The first-order chi connectivity index (χ1) is 13.4. The first-order valence-corrected chi connectivity index (χ1v) is 9.55. The van der Waals surface area contributed by atoms with Gasteiger partial charge in [-0.05, 0) is 54.8 Å². The van der Waals surface area contributed by atoms with Gasteiger partial charge in [0.05, 0.1) is 5.56 Å². The number of aryl methyl sites for hydroxylation is 2. The van der Waals surface area contributed by atoms with E-state index in [9.17, 15) is 9.18 Å². The van der Waals surface area contributed by atoms with Gasteiger partial charge in [0.25, 0.3) is 0 Å². The number of halogens is 1. The largest absolute Gasteiger partial charge is 0.423 e. The molecule has 8 heteroatoms. The van der Waals surface area contributed by atoms with Gasteiger partial charge < -0.3 is 10.3 Å². The Bertz CT molecular complexity index is 1250. The van der Waals surface area contributed by atoms with Crippen LogP contribution in [0.1, 0.15) is 16.7 Å². The summed E-state index contributed by atoms with van der Waals surface area (Å²) in [6, 6.07) is 11.6. The summed E-state index contributed by atoms with van der Waals surface area (Å²) in [6.45, 7) is 3.98. The maximum Gasteiger partial charge on any atom is 0.336 e. The summed E-state index contributed by atoms with van der Waals surface area (Å²) in [6.07, 6.45) is 0. The van der Waals surface area contributed by atoms with E-state index in [2.05, 4.69) is 10.2 Å². The van der Waals surface area contributed by atoms with E-state index in [1.807, 2.05) is 26.0 Å². The summed E-state index contributed by atoms with van der Waals surface area (Å²) < 4.78 is 20.6. The van der Waals surface area contributed by atoms with Crippen molar-refractivity contribution in [3.8, 4) is 11.4 Å². The Morgan fingerprint density at radius 3 is 2.68 bits per heavy atom. The number of fused-ring (bicyclic) bond motifs is 1. The van der Waals surface area contributed by atoms with Gasteiger partial charge in [0.2, 0.25) is 5.16 Å². The molecule has 0 atom stereocenters. The molecular formula is C20H17FN4O2S. The van der Waals surface area contributed by atoms with Crippen molar-refractivity contribution in [3.05, 3.63) is 75.4 Å². The minimum Gasteiger partial charge on any atom is -0.423 e. The summed E-state index contributed by atoms with van der Waals surface area (Å²) in [7, 11) is 0. The number of aromatic nitrogens is 3. The molecule has 0 aliphatic carbocycles. The Kier molecular flexibility index (Phi) is 4.64. The highest BCUT2D eigenvalue weighted by Crippen LogP contribution is 2.29. The molecule has 0 aliphatic rings. The fraction of sp³-hybridized carbons (Fsp3) is 0.150. The molecule has 2 aromatic carbocycles. The third-order valence-corrected chi connectivity index (χ3v) is 5.57. The summed E-state index contributed by atoms with van der Waals surface area (Å²) in [4.78, 5) is 11.9. The van der Waals surface area contributed by atoms with E-state index >= 15 is 0 Å². The predicted molar refractivity (Wildman–Crippen MR) is 107 cm³/mol. The van der Waals surface area contributed by atoms with Crippen molar-refractivity contribution in [1.82, 2.24) is 14.9 Å². The van der Waals surface area contributed by atoms with Crippen molar-refractivity contribution in [1.29, 1.82) is 0 Å². The van der Waals surface area contributed by atoms with Gasteiger partial charge in [0, 0.05) is 17.2 Å². The molecule has 0 amide bonds. The van der Waals surface area contributed by atoms with Crippen molar-refractivity contribution < 1.29 is 8.81 Å². The van der Waals surface area contributed by atoms with Crippen molar-refractivity contribution in [2.24, 2.45) is 0 Å².